The highest BCUT2D eigenvalue weighted by atomic mass is 79.9. The molecule has 0 saturated carbocycles. The summed E-state index contributed by atoms with van der Waals surface area (Å²) >= 11 is 9.80. The Hall–Kier alpha value is -2.88. The van der Waals surface area contributed by atoms with E-state index in [4.69, 9.17) is 11.6 Å². The fourth-order valence-electron chi connectivity index (χ4n) is 3.62. The molecule has 3 aromatic carbocycles. The summed E-state index contributed by atoms with van der Waals surface area (Å²) in [6.45, 7) is 3.37. The zero-order valence-electron chi connectivity index (χ0n) is 19.9. The van der Waals surface area contributed by atoms with Crippen LogP contribution in [0.2, 0.25) is 5.02 Å². The van der Waals surface area contributed by atoms with Crippen molar-refractivity contribution < 1.29 is 18.0 Å². The van der Waals surface area contributed by atoms with E-state index in [1.54, 1.807) is 56.3 Å². The number of benzene rings is 3. The van der Waals surface area contributed by atoms with Crippen LogP contribution in [0.15, 0.2) is 88.2 Å². The van der Waals surface area contributed by atoms with E-state index in [1.165, 1.54) is 17.0 Å². The molecule has 0 aliphatic carbocycles. The molecule has 0 aliphatic rings. The average molecular weight is 593 g/mol. The number of rotatable bonds is 10. The number of hydrogen-bond donors (Lipinski definition) is 1. The fourth-order valence-corrected chi connectivity index (χ4v) is 5.81. The van der Waals surface area contributed by atoms with E-state index in [9.17, 15) is 18.0 Å². The summed E-state index contributed by atoms with van der Waals surface area (Å²) in [7, 11) is -4.15. The number of nitrogens with one attached hydrogen (secondary N) is 1. The van der Waals surface area contributed by atoms with Crippen molar-refractivity contribution in [2.75, 3.05) is 17.4 Å². The maximum Gasteiger partial charge on any atom is 0.264 e. The second kappa shape index (κ2) is 12.4. The van der Waals surface area contributed by atoms with E-state index in [0.717, 1.165) is 14.3 Å². The van der Waals surface area contributed by atoms with Crippen LogP contribution in [0.1, 0.15) is 19.4 Å². The van der Waals surface area contributed by atoms with E-state index >= 15 is 0 Å². The monoisotopic (exact) mass is 591 g/mol. The first-order valence-corrected chi connectivity index (χ1v) is 13.9. The first-order valence-electron chi connectivity index (χ1n) is 11.3. The second-order valence-electron chi connectivity index (χ2n) is 8.00. The SMILES string of the molecule is CCNC(=O)C(C)N(Cc1cccc(Br)c1)C(=O)CN(c1ccccc1Cl)S(=O)(=O)c1ccccc1. The first kappa shape index (κ1) is 27.7. The molecule has 3 rings (SSSR count). The third kappa shape index (κ3) is 6.66. The van der Waals surface area contributed by atoms with Gasteiger partial charge >= 0.3 is 0 Å². The Labute approximate surface area is 225 Å². The third-order valence-electron chi connectivity index (χ3n) is 5.49. The number of amides is 2. The molecule has 36 heavy (non-hydrogen) atoms. The van der Waals surface area contributed by atoms with Crippen LogP contribution in [0.3, 0.4) is 0 Å². The van der Waals surface area contributed by atoms with Gasteiger partial charge in [-0.1, -0.05) is 70.0 Å². The maximum absolute atomic E-state index is 13.7. The molecule has 7 nitrogen and oxygen atoms in total. The summed E-state index contributed by atoms with van der Waals surface area (Å²) in [5.74, 6) is -0.885. The molecule has 0 aromatic heterocycles. The van der Waals surface area contributed by atoms with Crippen molar-refractivity contribution in [1.82, 2.24) is 10.2 Å². The quantitative estimate of drug-likeness (QED) is 0.365. The molecular weight excluding hydrogens is 566 g/mol. The van der Waals surface area contributed by atoms with Crippen LogP contribution in [0.5, 0.6) is 0 Å². The molecule has 0 heterocycles. The molecule has 0 bridgehead atoms. The van der Waals surface area contributed by atoms with Crippen LogP contribution >= 0.6 is 27.5 Å². The van der Waals surface area contributed by atoms with Crippen molar-refractivity contribution in [3.8, 4) is 0 Å². The van der Waals surface area contributed by atoms with Gasteiger partial charge in [0.15, 0.2) is 0 Å². The van der Waals surface area contributed by atoms with Gasteiger partial charge in [-0.05, 0) is 55.8 Å². The molecule has 10 heteroatoms. The Morgan fingerprint density at radius 3 is 2.31 bits per heavy atom. The van der Waals surface area contributed by atoms with Gasteiger partial charge in [0.2, 0.25) is 11.8 Å². The molecule has 0 aliphatic heterocycles. The van der Waals surface area contributed by atoms with Gasteiger partial charge in [0.25, 0.3) is 10.0 Å². The van der Waals surface area contributed by atoms with Crippen LogP contribution in [-0.2, 0) is 26.2 Å². The lowest BCUT2D eigenvalue weighted by Gasteiger charge is -2.32. The fraction of sp³-hybridized carbons (Fsp3) is 0.231. The van der Waals surface area contributed by atoms with Gasteiger partial charge in [0.05, 0.1) is 15.6 Å². The van der Waals surface area contributed by atoms with Crippen molar-refractivity contribution in [3.05, 3.63) is 93.9 Å². The summed E-state index contributed by atoms with van der Waals surface area (Å²) < 4.78 is 29.1. The lowest BCUT2D eigenvalue weighted by molar-refractivity contribution is -0.139. The zero-order valence-corrected chi connectivity index (χ0v) is 23.1. The predicted octanol–water partition coefficient (Wildman–Crippen LogP) is 4.85. The minimum absolute atomic E-state index is 0.0213. The molecule has 0 spiro atoms. The van der Waals surface area contributed by atoms with Gasteiger partial charge in [-0.3, -0.25) is 13.9 Å². The summed E-state index contributed by atoms with van der Waals surface area (Å²) in [4.78, 5) is 27.8. The molecule has 1 unspecified atom stereocenters. The molecule has 0 saturated heterocycles. The highest BCUT2D eigenvalue weighted by Gasteiger charge is 2.33. The normalized spacial score (nSPS) is 12.0. The number of hydrogen-bond acceptors (Lipinski definition) is 4. The molecule has 190 valence electrons. The second-order valence-corrected chi connectivity index (χ2v) is 11.2. The van der Waals surface area contributed by atoms with Crippen LogP contribution < -0.4 is 9.62 Å². The summed E-state index contributed by atoms with van der Waals surface area (Å²) in [5.41, 5.74) is 0.952. The van der Waals surface area contributed by atoms with E-state index < -0.39 is 28.5 Å². The Balaban J connectivity index is 2.03. The molecule has 1 N–H and O–H groups in total. The number of carbonyl (C=O) groups excluding carboxylic acids is 2. The van der Waals surface area contributed by atoms with E-state index in [-0.39, 0.29) is 28.1 Å². The van der Waals surface area contributed by atoms with Gasteiger partial charge < -0.3 is 10.2 Å². The number of para-hydroxylation sites is 1. The third-order valence-corrected chi connectivity index (χ3v) is 8.08. The number of likely N-dealkylation sites (N-methyl/N-ethyl adjacent to an activating group) is 1. The highest BCUT2D eigenvalue weighted by molar-refractivity contribution is 9.10. The molecule has 1 atom stereocenters. The van der Waals surface area contributed by atoms with Gasteiger partial charge in [-0.2, -0.15) is 0 Å². The highest BCUT2D eigenvalue weighted by Crippen LogP contribution is 2.30. The van der Waals surface area contributed by atoms with Gasteiger partial charge in [0.1, 0.15) is 12.6 Å². The maximum atomic E-state index is 13.7. The first-order chi connectivity index (χ1) is 17.1. The summed E-state index contributed by atoms with van der Waals surface area (Å²) in [6.07, 6.45) is 0. The van der Waals surface area contributed by atoms with Crippen molar-refractivity contribution >= 4 is 55.1 Å². The topological polar surface area (TPSA) is 86.8 Å². The van der Waals surface area contributed by atoms with Crippen LogP contribution in [-0.4, -0.2) is 44.3 Å². The predicted molar refractivity (Wildman–Crippen MR) is 145 cm³/mol. The summed E-state index contributed by atoms with van der Waals surface area (Å²) in [5, 5.41) is 2.91. The smallest absolute Gasteiger partial charge is 0.264 e. The molecule has 0 fully saturated rings. The minimum atomic E-state index is -4.15. The number of nitrogens with zero attached hydrogens (tertiary/aromatic N) is 2. The number of anilines is 1. The minimum Gasteiger partial charge on any atom is -0.355 e. The van der Waals surface area contributed by atoms with Crippen molar-refractivity contribution in [3.63, 3.8) is 0 Å². The average Bonchev–Trinajstić information content (AvgIpc) is 2.86. The van der Waals surface area contributed by atoms with Crippen molar-refractivity contribution in [2.45, 2.75) is 31.3 Å². The lowest BCUT2D eigenvalue weighted by atomic mass is 10.1. The Kier molecular flexibility index (Phi) is 9.53. The number of halogens is 2. The molecule has 0 radical (unpaired) electrons. The zero-order chi connectivity index (χ0) is 26.3. The van der Waals surface area contributed by atoms with E-state index in [0.29, 0.717) is 6.54 Å². The van der Waals surface area contributed by atoms with Crippen LogP contribution in [0, 0.1) is 0 Å². The van der Waals surface area contributed by atoms with E-state index in [2.05, 4.69) is 21.2 Å². The van der Waals surface area contributed by atoms with Crippen molar-refractivity contribution in [1.29, 1.82) is 0 Å². The molecule has 3 aromatic rings. The van der Waals surface area contributed by atoms with Gasteiger partial charge in [-0.25, -0.2) is 8.42 Å². The lowest BCUT2D eigenvalue weighted by Crippen LogP contribution is -2.51. The van der Waals surface area contributed by atoms with Gasteiger partial charge in [0, 0.05) is 17.6 Å². The van der Waals surface area contributed by atoms with Crippen LogP contribution in [0.25, 0.3) is 0 Å². The largest absolute Gasteiger partial charge is 0.355 e. The standard InChI is InChI=1S/C26H27BrClN3O4S/c1-3-29-26(33)19(2)30(17-20-10-9-11-21(27)16-20)25(32)18-31(24-15-8-7-14-23(24)28)36(34,35)22-12-5-4-6-13-22/h4-16,19H,3,17-18H2,1-2H3,(H,29,33). The Morgan fingerprint density at radius 1 is 1.00 bits per heavy atom. The van der Waals surface area contributed by atoms with Crippen molar-refractivity contribution in [2.24, 2.45) is 0 Å². The number of carbonyl (C=O) groups is 2. The van der Waals surface area contributed by atoms with E-state index in [1.807, 2.05) is 24.3 Å². The molecule has 2 amide bonds. The van der Waals surface area contributed by atoms with Gasteiger partial charge in [-0.15, -0.1) is 0 Å². The number of sulfonamides is 1. The Morgan fingerprint density at radius 2 is 1.67 bits per heavy atom. The summed E-state index contributed by atoms with van der Waals surface area (Å²) in [6, 6.07) is 20.8. The Bertz CT molecular complexity index is 1320. The molecular formula is C26H27BrClN3O4S. The van der Waals surface area contributed by atoms with Crippen LogP contribution in [0.4, 0.5) is 5.69 Å².